The summed E-state index contributed by atoms with van der Waals surface area (Å²) in [6.07, 6.45) is 3.63. The topological polar surface area (TPSA) is 81.6 Å². The molecule has 0 atom stereocenters. The lowest BCUT2D eigenvalue weighted by Crippen LogP contribution is -2.65. The molecule has 2 N–H and O–H groups in total. The Morgan fingerprint density at radius 2 is 1.85 bits per heavy atom. The molecule has 1 aliphatic carbocycles. The second kappa shape index (κ2) is 10.4. The molecule has 204 valence electrons. The number of pyridine rings is 1. The van der Waals surface area contributed by atoms with E-state index in [0.717, 1.165) is 42.7 Å². The van der Waals surface area contributed by atoms with E-state index in [9.17, 15) is 4.79 Å². The zero-order valence-corrected chi connectivity index (χ0v) is 23.3. The number of carbonyl (C=O) groups is 1. The maximum absolute atomic E-state index is 15.2. The fraction of sp³-hybridized carbons (Fsp3) is 0.387. The Morgan fingerprint density at radius 1 is 1.13 bits per heavy atom. The molecule has 3 aromatic rings. The standard InChI is InChI=1S/C29H30FN5O2.C2H6/c1-17(31)23-5-4-21(11-26(23)32-2)37-22-6-7-33-25(10-22)18-8-19-14-35(28(36)27(19)24(30)9-18)20-12-29(13-20)15-34(3)16-29;1-2/h4-11,20,31-32H,12-16H2,1-3H3;1-2H3. The lowest BCUT2D eigenvalue weighted by atomic mass is 9.60. The van der Waals surface area contributed by atoms with Gasteiger partial charge in [-0.3, -0.25) is 9.78 Å². The van der Waals surface area contributed by atoms with E-state index in [0.29, 0.717) is 40.4 Å². The van der Waals surface area contributed by atoms with Gasteiger partial charge in [0.25, 0.3) is 5.91 Å². The van der Waals surface area contributed by atoms with Crippen LogP contribution in [-0.4, -0.2) is 59.6 Å². The van der Waals surface area contributed by atoms with Crippen LogP contribution in [0.1, 0.15) is 55.1 Å². The van der Waals surface area contributed by atoms with Gasteiger partial charge in [0, 0.05) is 73.6 Å². The molecule has 1 saturated heterocycles. The number of likely N-dealkylation sites (tertiary alicyclic amines) is 1. The van der Waals surface area contributed by atoms with E-state index in [1.54, 1.807) is 32.3 Å². The van der Waals surface area contributed by atoms with Crippen LogP contribution in [0.2, 0.25) is 0 Å². The van der Waals surface area contributed by atoms with Crippen LogP contribution in [-0.2, 0) is 6.54 Å². The smallest absolute Gasteiger partial charge is 0.257 e. The Bertz CT molecular complexity index is 1420. The number of rotatable bonds is 6. The highest BCUT2D eigenvalue weighted by molar-refractivity contribution is 6.01. The third-order valence-corrected chi connectivity index (χ3v) is 7.90. The van der Waals surface area contributed by atoms with E-state index in [1.165, 1.54) is 6.07 Å². The Kier molecular flexibility index (Phi) is 7.16. The van der Waals surface area contributed by atoms with Crippen molar-refractivity contribution in [1.82, 2.24) is 14.8 Å². The van der Waals surface area contributed by atoms with Gasteiger partial charge in [-0.1, -0.05) is 13.8 Å². The molecule has 0 bridgehead atoms. The Morgan fingerprint density at radius 3 is 2.51 bits per heavy atom. The van der Waals surface area contributed by atoms with Crippen molar-refractivity contribution in [2.45, 2.75) is 46.2 Å². The number of hydrogen-bond donors (Lipinski definition) is 2. The molecule has 1 aromatic heterocycles. The normalized spacial score (nSPS) is 17.6. The van der Waals surface area contributed by atoms with E-state index in [4.69, 9.17) is 10.1 Å². The first-order valence-corrected chi connectivity index (χ1v) is 13.6. The summed E-state index contributed by atoms with van der Waals surface area (Å²) < 4.78 is 21.3. The number of amides is 1. The molecule has 3 aliphatic rings. The number of aromatic nitrogens is 1. The van der Waals surface area contributed by atoms with Crippen molar-refractivity contribution in [2.24, 2.45) is 5.41 Å². The summed E-state index contributed by atoms with van der Waals surface area (Å²) in [6.45, 7) is 8.36. The summed E-state index contributed by atoms with van der Waals surface area (Å²) in [5.74, 6) is 0.487. The third-order valence-electron chi connectivity index (χ3n) is 7.90. The largest absolute Gasteiger partial charge is 0.457 e. The van der Waals surface area contributed by atoms with Crippen LogP contribution in [0.4, 0.5) is 10.1 Å². The zero-order valence-electron chi connectivity index (χ0n) is 23.3. The van der Waals surface area contributed by atoms with Gasteiger partial charge in [-0.05, 0) is 68.1 Å². The first-order valence-electron chi connectivity index (χ1n) is 13.6. The number of carbonyl (C=O) groups excluding carboxylic acids is 1. The maximum Gasteiger partial charge on any atom is 0.257 e. The lowest BCUT2D eigenvalue weighted by molar-refractivity contribution is -0.0905. The summed E-state index contributed by atoms with van der Waals surface area (Å²) in [5.41, 5.74) is 4.54. The Labute approximate surface area is 229 Å². The second-order valence-electron chi connectivity index (χ2n) is 10.7. The molecule has 0 radical (unpaired) electrons. The average molecular weight is 530 g/mol. The van der Waals surface area contributed by atoms with Gasteiger partial charge in [-0.25, -0.2) is 4.39 Å². The van der Waals surface area contributed by atoms with Crippen molar-refractivity contribution in [2.75, 3.05) is 32.5 Å². The van der Waals surface area contributed by atoms with Gasteiger partial charge in [-0.15, -0.1) is 0 Å². The van der Waals surface area contributed by atoms with Crippen molar-refractivity contribution >= 4 is 17.3 Å². The average Bonchev–Trinajstić information content (AvgIpc) is 3.22. The van der Waals surface area contributed by atoms with Crippen molar-refractivity contribution in [3.05, 3.63) is 71.2 Å². The van der Waals surface area contributed by atoms with Crippen molar-refractivity contribution in [1.29, 1.82) is 5.41 Å². The molecule has 39 heavy (non-hydrogen) atoms. The minimum atomic E-state index is -0.498. The summed E-state index contributed by atoms with van der Waals surface area (Å²) in [4.78, 5) is 21.7. The number of nitrogens with one attached hydrogen (secondary N) is 2. The molecule has 8 heteroatoms. The van der Waals surface area contributed by atoms with Crippen LogP contribution in [0.5, 0.6) is 11.5 Å². The molecule has 2 aromatic carbocycles. The number of benzene rings is 2. The SMILES string of the molecule is CC.CNc1cc(Oc2ccnc(-c3cc(F)c4c(c3)CN(C3CC5(C3)CN(C)C5)C4=O)c2)ccc1C(C)=N. The van der Waals surface area contributed by atoms with Gasteiger partial charge < -0.3 is 25.3 Å². The molecular formula is C31H36FN5O2. The highest BCUT2D eigenvalue weighted by Crippen LogP contribution is 2.51. The van der Waals surface area contributed by atoms with Crippen molar-refractivity contribution in [3.63, 3.8) is 0 Å². The first-order chi connectivity index (χ1) is 18.7. The number of hydrogen-bond acceptors (Lipinski definition) is 6. The monoisotopic (exact) mass is 529 g/mol. The summed E-state index contributed by atoms with van der Waals surface area (Å²) >= 11 is 0. The number of ether oxygens (including phenoxy) is 1. The van der Waals surface area contributed by atoms with Crippen molar-refractivity contribution in [3.8, 4) is 22.8 Å². The van der Waals surface area contributed by atoms with Crippen LogP contribution < -0.4 is 10.1 Å². The van der Waals surface area contributed by atoms with Crippen LogP contribution in [0.3, 0.4) is 0 Å². The van der Waals surface area contributed by atoms with Gasteiger partial charge in [0.1, 0.15) is 17.3 Å². The van der Waals surface area contributed by atoms with Gasteiger partial charge in [0.15, 0.2) is 0 Å². The van der Waals surface area contributed by atoms with E-state index >= 15 is 4.39 Å². The van der Waals surface area contributed by atoms with E-state index in [1.807, 2.05) is 43.0 Å². The van der Waals surface area contributed by atoms with Gasteiger partial charge in [0.05, 0.1) is 11.3 Å². The summed E-state index contributed by atoms with van der Waals surface area (Å²) in [5, 5.41) is 11.0. The Balaban J connectivity index is 0.00000151. The van der Waals surface area contributed by atoms with E-state index in [2.05, 4.69) is 22.2 Å². The van der Waals surface area contributed by atoms with Gasteiger partial charge in [-0.2, -0.15) is 0 Å². The predicted molar refractivity (Wildman–Crippen MR) is 152 cm³/mol. The molecule has 6 rings (SSSR count). The summed E-state index contributed by atoms with van der Waals surface area (Å²) in [6, 6.07) is 12.5. The molecule has 1 saturated carbocycles. The first kappa shape index (κ1) is 26.8. The minimum absolute atomic E-state index is 0.191. The molecule has 0 unspecified atom stereocenters. The molecule has 1 amide bonds. The number of fused-ring (bicyclic) bond motifs is 1. The van der Waals surface area contributed by atoms with Crippen LogP contribution in [0, 0.1) is 16.6 Å². The third kappa shape index (κ3) is 4.89. The van der Waals surface area contributed by atoms with Gasteiger partial charge >= 0.3 is 0 Å². The molecule has 1 spiro atoms. The molecule has 3 heterocycles. The van der Waals surface area contributed by atoms with Crippen LogP contribution in [0.15, 0.2) is 48.7 Å². The van der Waals surface area contributed by atoms with Crippen LogP contribution >= 0.6 is 0 Å². The fourth-order valence-electron chi connectivity index (χ4n) is 6.28. The Hall–Kier alpha value is -3.78. The minimum Gasteiger partial charge on any atom is -0.457 e. The van der Waals surface area contributed by atoms with E-state index in [-0.39, 0.29) is 17.5 Å². The van der Waals surface area contributed by atoms with Crippen LogP contribution in [0.25, 0.3) is 11.3 Å². The molecule has 2 fully saturated rings. The predicted octanol–water partition coefficient (Wildman–Crippen LogP) is 6.19. The fourth-order valence-corrected chi connectivity index (χ4v) is 6.28. The molecule has 7 nitrogen and oxygen atoms in total. The lowest BCUT2D eigenvalue weighted by Gasteiger charge is -2.60. The second-order valence-corrected chi connectivity index (χ2v) is 10.7. The zero-order chi connectivity index (χ0) is 27.9. The van der Waals surface area contributed by atoms with Gasteiger partial charge in [0.2, 0.25) is 0 Å². The number of halogens is 1. The highest BCUT2D eigenvalue weighted by Gasteiger charge is 2.54. The number of anilines is 1. The summed E-state index contributed by atoms with van der Waals surface area (Å²) in [7, 11) is 3.92. The highest BCUT2D eigenvalue weighted by atomic mass is 19.1. The molecule has 2 aliphatic heterocycles. The maximum atomic E-state index is 15.2. The molecular weight excluding hydrogens is 493 g/mol. The van der Waals surface area contributed by atoms with Crippen molar-refractivity contribution < 1.29 is 13.9 Å². The number of nitrogens with zero attached hydrogens (tertiary/aromatic N) is 3. The quantitative estimate of drug-likeness (QED) is 0.373. The van der Waals surface area contributed by atoms with E-state index < -0.39 is 5.82 Å².